The van der Waals surface area contributed by atoms with Crippen molar-refractivity contribution < 1.29 is 5.11 Å². The van der Waals surface area contributed by atoms with E-state index in [0.717, 1.165) is 41.9 Å². The molecule has 6 heteroatoms. The van der Waals surface area contributed by atoms with E-state index in [-0.39, 0.29) is 12.1 Å². The molecule has 2 aliphatic rings. The fraction of sp³-hybridized carbons (Fsp3) is 0.529. The van der Waals surface area contributed by atoms with Crippen molar-refractivity contribution >= 4 is 22.5 Å². The summed E-state index contributed by atoms with van der Waals surface area (Å²) in [6.07, 6.45) is 2.96. The highest BCUT2D eigenvalue weighted by atomic mass is 16.3. The highest BCUT2D eigenvalue weighted by Gasteiger charge is 2.26. The van der Waals surface area contributed by atoms with Crippen LogP contribution in [0.4, 0.5) is 11.5 Å². The summed E-state index contributed by atoms with van der Waals surface area (Å²) in [6, 6.07) is 2.00. The number of β-amino-alcohol motifs (C(OH)–C–C–N with tert-alkyl or cyclic N) is 1. The first kappa shape index (κ1) is 14.7. The van der Waals surface area contributed by atoms with Crippen LogP contribution in [-0.2, 0) is 12.8 Å². The number of aliphatic hydroxyl groups is 1. The number of pyridine rings is 2. The molecule has 1 fully saturated rings. The van der Waals surface area contributed by atoms with E-state index in [0.29, 0.717) is 6.54 Å². The summed E-state index contributed by atoms with van der Waals surface area (Å²) in [5.41, 5.74) is 5.72. The molecule has 6 nitrogen and oxygen atoms in total. The van der Waals surface area contributed by atoms with E-state index in [1.807, 2.05) is 13.1 Å². The summed E-state index contributed by atoms with van der Waals surface area (Å²) >= 11 is 0. The predicted molar refractivity (Wildman–Crippen MR) is 92.1 cm³/mol. The SMILES string of the molecule is CNc1cc(N[C@H]2CNC[C@@H]2O)nc2nc3c(c(C)c12)CCC3. The van der Waals surface area contributed by atoms with Crippen LogP contribution in [-0.4, -0.2) is 47.4 Å². The summed E-state index contributed by atoms with van der Waals surface area (Å²) in [7, 11) is 1.93. The molecule has 0 bridgehead atoms. The van der Waals surface area contributed by atoms with E-state index < -0.39 is 0 Å². The molecule has 23 heavy (non-hydrogen) atoms. The molecule has 2 aromatic heterocycles. The number of hydrogen-bond acceptors (Lipinski definition) is 6. The lowest BCUT2D eigenvalue weighted by atomic mass is 10.0. The number of aliphatic hydroxyl groups excluding tert-OH is 1. The molecule has 1 aliphatic carbocycles. The van der Waals surface area contributed by atoms with Gasteiger partial charge in [-0.3, -0.25) is 0 Å². The zero-order valence-electron chi connectivity index (χ0n) is 13.6. The fourth-order valence-electron chi connectivity index (χ4n) is 3.79. The fourth-order valence-corrected chi connectivity index (χ4v) is 3.79. The largest absolute Gasteiger partial charge is 0.390 e. The molecular weight excluding hydrogens is 290 g/mol. The molecule has 4 rings (SSSR count). The zero-order chi connectivity index (χ0) is 16.0. The van der Waals surface area contributed by atoms with Gasteiger partial charge < -0.3 is 21.1 Å². The number of aryl methyl sites for hydroxylation is 2. The van der Waals surface area contributed by atoms with Crippen LogP contribution in [0.3, 0.4) is 0 Å². The Hall–Kier alpha value is -1.92. The lowest BCUT2D eigenvalue weighted by Crippen LogP contribution is -2.32. The van der Waals surface area contributed by atoms with E-state index in [1.165, 1.54) is 23.2 Å². The maximum absolute atomic E-state index is 9.98. The van der Waals surface area contributed by atoms with Gasteiger partial charge in [0.1, 0.15) is 5.82 Å². The molecule has 1 saturated heterocycles. The molecular formula is C17H23N5O. The molecule has 4 N–H and O–H groups in total. The minimum absolute atomic E-state index is 0.0137. The molecule has 1 aliphatic heterocycles. The second-order valence-corrected chi connectivity index (χ2v) is 6.50. The van der Waals surface area contributed by atoms with Crippen LogP contribution in [0.25, 0.3) is 11.0 Å². The van der Waals surface area contributed by atoms with Crippen LogP contribution in [0.15, 0.2) is 6.07 Å². The molecule has 2 atom stereocenters. The Balaban J connectivity index is 1.80. The van der Waals surface area contributed by atoms with Crippen LogP contribution in [0.1, 0.15) is 23.2 Å². The van der Waals surface area contributed by atoms with E-state index in [9.17, 15) is 5.11 Å². The van der Waals surface area contributed by atoms with Crippen molar-refractivity contribution in [3.05, 3.63) is 22.9 Å². The number of nitrogens with one attached hydrogen (secondary N) is 3. The third kappa shape index (κ3) is 2.42. The molecule has 0 unspecified atom stereocenters. The Kier molecular flexibility index (Phi) is 3.58. The van der Waals surface area contributed by atoms with Gasteiger partial charge in [0.15, 0.2) is 5.65 Å². The normalized spacial score (nSPS) is 23.3. The molecule has 0 saturated carbocycles. The van der Waals surface area contributed by atoms with Crippen molar-refractivity contribution in [3.8, 4) is 0 Å². The Labute approximate surface area is 135 Å². The van der Waals surface area contributed by atoms with Gasteiger partial charge in [0.05, 0.1) is 12.1 Å². The maximum atomic E-state index is 9.98. The van der Waals surface area contributed by atoms with Crippen LogP contribution >= 0.6 is 0 Å². The van der Waals surface area contributed by atoms with Crippen molar-refractivity contribution in [3.63, 3.8) is 0 Å². The van der Waals surface area contributed by atoms with Crippen LogP contribution < -0.4 is 16.0 Å². The third-order valence-corrected chi connectivity index (χ3v) is 5.04. The zero-order valence-corrected chi connectivity index (χ0v) is 13.6. The topological polar surface area (TPSA) is 82.1 Å². The molecule has 2 aromatic rings. The summed E-state index contributed by atoms with van der Waals surface area (Å²) in [5, 5.41) is 20.9. The molecule has 3 heterocycles. The number of anilines is 2. The van der Waals surface area contributed by atoms with E-state index in [1.54, 1.807) is 0 Å². The van der Waals surface area contributed by atoms with Gasteiger partial charge in [0.2, 0.25) is 0 Å². The van der Waals surface area contributed by atoms with Gasteiger partial charge in [-0.25, -0.2) is 9.97 Å². The molecule has 0 aromatic carbocycles. The average molecular weight is 313 g/mol. The minimum atomic E-state index is -0.389. The molecule has 0 radical (unpaired) electrons. The number of nitrogens with zero attached hydrogens (tertiary/aromatic N) is 2. The van der Waals surface area contributed by atoms with Gasteiger partial charge in [-0.1, -0.05) is 0 Å². The first-order chi connectivity index (χ1) is 11.2. The quantitative estimate of drug-likeness (QED) is 0.682. The second kappa shape index (κ2) is 5.62. The monoisotopic (exact) mass is 313 g/mol. The number of hydrogen-bond donors (Lipinski definition) is 4. The molecule has 0 amide bonds. The third-order valence-electron chi connectivity index (χ3n) is 5.04. The van der Waals surface area contributed by atoms with Gasteiger partial charge in [-0.15, -0.1) is 0 Å². The Bertz CT molecular complexity index is 760. The van der Waals surface area contributed by atoms with Crippen molar-refractivity contribution in [1.82, 2.24) is 15.3 Å². The Morgan fingerprint density at radius 1 is 1.26 bits per heavy atom. The summed E-state index contributed by atoms with van der Waals surface area (Å²) in [5.74, 6) is 0.763. The molecule has 0 spiro atoms. The van der Waals surface area contributed by atoms with Crippen LogP contribution in [0, 0.1) is 6.92 Å². The van der Waals surface area contributed by atoms with Gasteiger partial charge >= 0.3 is 0 Å². The highest BCUT2D eigenvalue weighted by molar-refractivity contribution is 5.94. The highest BCUT2D eigenvalue weighted by Crippen LogP contribution is 2.34. The van der Waals surface area contributed by atoms with Gasteiger partial charge in [-0.2, -0.15) is 0 Å². The van der Waals surface area contributed by atoms with Crippen molar-refractivity contribution in [2.24, 2.45) is 0 Å². The maximum Gasteiger partial charge on any atom is 0.164 e. The van der Waals surface area contributed by atoms with E-state index >= 15 is 0 Å². The average Bonchev–Trinajstić information content (AvgIpc) is 3.16. The Morgan fingerprint density at radius 2 is 2.13 bits per heavy atom. The van der Waals surface area contributed by atoms with Gasteiger partial charge in [0.25, 0.3) is 0 Å². The smallest absolute Gasteiger partial charge is 0.164 e. The first-order valence-corrected chi connectivity index (χ1v) is 8.33. The van der Waals surface area contributed by atoms with Crippen molar-refractivity contribution in [2.75, 3.05) is 30.8 Å². The summed E-state index contributed by atoms with van der Waals surface area (Å²) < 4.78 is 0. The Morgan fingerprint density at radius 3 is 2.87 bits per heavy atom. The lowest BCUT2D eigenvalue weighted by molar-refractivity contribution is 0.185. The van der Waals surface area contributed by atoms with Gasteiger partial charge in [0, 0.05) is 43.0 Å². The van der Waals surface area contributed by atoms with E-state index in [2.05, 4.69) is 22.9 Å². The lowest BCUT2D eigenvalue weighted by Gasteiger charge is -2.18. The second-order valence-electron chi connectivity index (χ2n) is 6.50. The first-order valence-electron chi connectivity index (χ1n) is 8.33. The number of fused-ring (bicyclic) bond motifs is 2. The predicted octanol–water partition coefficient (Wildman–Crippen LogP) is 1.21. The number of aromatic nitrogens is 2. The minimum Gasteiger partial charge on any atom is -0.390 e. The van der Waals surface area contributed by atoms with E-state index in [4.69, 9.17) is 9.97 Å². The van der Waals surface area contributed by atoms with Gasteiger partial charge in [-0.05, 0) is 37.3 Å². The van der Waals surface area contributed by atoms with Crippen molar-refractivity contribution in [1.29, 1.82) is 0 Å². The van der Waals surface area contributed by atoms with Crippen LogP contribution in [0.5, 0.6) is 0 Å². The summed E-state index contributed by atoms with van der Waals surface area (Å²) in [4.78, 5) is 9.53. The molecule has 122 valence electrons. The summed E-state index contributed by atoms with van der Waals surface area (Å²) in [6.45, 7) is 3.54. The van der Waals surface area contributed by atoms with Crippen LogP contribution in [0.2, 0.25) is 0 Å². The van der Waals surface area contributed by atoms with Crippen molar-refractivity contribution in [2.45, 2.75) is 38.3 Å². The number of rotatable bonds is 3. The standard InChI is InChI=1S/C17H23N5O/c1-9-10-4-3-5-11(10)21-17-16(9)12(18-2)6-15(22-17)20-13-7-19-8-14(13)23/h6,13-14,19,23H,3-5,7-8H2,1-2H3,(H2,18,20,21,22)/t13-,14-/m0/s1.